The Morgan fingerprint density at radius 1 is 1.50 bits per heavy atom. The van der Waals surface area contributed by atoms with Crippen molar-refractivity contribution < 1.29 is 19.0 Å². The van der Waals surface area contributed by atoms with Crippen molar-refractivity contribution in [3.05, 3.63) is 11.4 Å². The molecule has 2 unspecified atom stereocenters. The second-order valence-electron chi connectivity index (χ2n) is 4.24. The SMILES string of the molecule is [C-]#[N+]CC1CC(CC(=O)OC)OC(C)(C)O1. The van der Waals surface area contributed by atoms with Gasteiger partial charge >= 0.3 is 5.97 Å². The van der Waals surface area contributed by atoms with Gasteiger partial charge in [-0.2, -0.15) is 0 Å². The molecule has 0 radical (unpaired) electrons. The van der Waals surface area contributed by atoms with Crippen molar-refractivity contribution in [1.82, 2.24) is 0 Å². The molecule has 5 nitrogen and oxygen atoms in total. The summed E-state index contributed by atoms with van der Waals surface area (Å²) in [6, 6.07) is 0. The molecule has 5 heteroatoms. The first-order valence-corrected chi connectivity index (χ1v) is 5.22. The van der Waals surface area contributed by atoms with Gasteiger partial charge in [0.1, 0.15) is 6.10 Å². The summed E-state index contributed by atoms with van der Waals surface area (Å²) in [4.78, 5) is 14.5. The fourth-order valence-electron chi connectivity index (χ4n) is 1.83. The van der Waals surface area contributed by atoms with E-state index in [1.165, 1.54) is 7.11 Å². The van der Waals surface area contributed by atoms with Crippen LogP contribution in [0, 0.1) is 6.57 Å². The van der Waals surface area contributed by atoms with Gasteiger partial charge in [0.05, 0.1) is 19.6 Å². The minimum atomic E-state index is -0.744. The van der Waals surface area contributed by atoms with E-state index in [0.717, 1.165) is 0 Å². The van der Waals surface area contributed by atoms with Crippen molar-refractivity contribution in [2.45, 2.75) is 44.7 Å². The third-order valence-corrected chi connectivity index (χ3v) is 2.34. The Bertz CT molecular complexity index is 295. The lowest BCUT2D eigenvalue weighted by Crippen LogP contribution is -2.46. The standard InChI is InChI=1S/C11H17NO4/c1-11(2)15-8(6-10(13)14-4)5-9(16-11)7-12-3/h8-9H,5-7H2,1-2,4H3. The molecular weight excluding hydrogens is 210 g/mol. The monoisotopic (exact) mass is 227 g/mol. The Morgan fingerprint density at radius 3 is 2.69 bits per heavy atom. The van der Waals surface area contributed by atoms with Crippen molar-refractivity contribution in [1.29, 1.82) is 0 Å². The number of nitrogens with zero attached hydrogens (tertiary/aromatic N) is 1. The first-order valence-electron chi connectivity index (χ1n) is 5.22. The van der Waals surface area contributed by atoms with Crippen LogP contribution >= 0.6 is 0 Å². The average Bonchev–Trinajstić information content (AvgIpc) is 2.15. The zero-order valence-electron chi connectivity index (χ0n) is 9.86. The summed E-state index contributed by atoms with van der Waals surface area (Å²) in [5.74, 6) is -1.05. The van der Waals surface area contributed by atoms with E-state index in [-0.39, 0.29) is 24.6 Å². The number of hydrogen-bond acceptors (Lipinski definition) is 4. The van der Waals surface area contributed by atoms with Crippen LogP contribution in [-0.4, -0.2) is 37.6 Å². The summed E-state index contributed by atoms with van der Waals surface area (Å²) in [7, 11) is 1.35. The second-order valence-corrected chi connectivity index (χ2v) is 4.24. The van der Waals surface area contributed by atoms with Crippen molar-refractivity contribution in [3.63, 3.8) is 0 Å². The van der Waals surface area contributed by atoms with Crippen LogP contribution in [-0.2, 0) is 19.0 Å². The highest BCUT2D eigenvalue weighted by Gasteiger charge is 2.37. The summed E-state index contributed by atoms with van der Waals surface area (Å²) >= 11 is 0. The highest BCUT2D eigenvalue weighted by molar-refractivity contribution is 5.69. The number of carbonyl (C=O) groups excluding carboxylic acids is 1. The Balaban J connectivity index is 2.58. The molecule has 0 spiro atoms. The van der Waals surface area contributed by atoms with E-state index in [9.17, 15) is 4.79 Å². The molecule has 0 saturated carbocycles. The zero-order chi connectivity index (χ0) is 12.2. The normalized spacial score (nSPS) is 28.1. The predicted octanol–water partition coefficient (Wildman–Crippen LogP) is 1.38. The van der Waals surface area contributed by atoms with Crippen LogP contribution < -0.4 is 0 Å². The molecule has 0 amide bonds. The van der Waals surface area contributed by atoms with E-state index in [4.69, 9.17) is 16.0 Å². The summed E-state index contributed by atoms with van der Waals surface area (Å²) in [5.41, 5.74) is 0. The molecule has 0 aromatic heterocycles. The van der Waals surface area contributed by atoms with Gasteiger partial charge in [-0.05, 0) is 13.8 Å². The lowest BCUT2D eigenvalue weighted by atomic mass is 10.1. The number of hydrogen-bond donors (Lipinski definition) is 0. The zero-order valence-corrected chi connectivity index (χ0v) is 9.86. The van der Waals surface area contributed by atoms with Gasteiger partial charge in [0.15, 0.2) is 5.79 Å². The maximum absolute atomic E-state index is 11.2. The topological polar surface area (TPSA) is 49.1 Å². The molecule has 1 aliphatic rings. The van der Waals surface area contributed by atoms with Crippen molar-refractivity contribution >= 4 is 5.97 Å². The van der Waals surface area contributed by atoms with Gasteiger partial charge in [0, 0.05) is 6.42 Å². The number of rotatable bonds is 3. The van der Waals surface area contributed by atoms with Crippen LogP contribution in [0.1, 0.15) is 26.7 Å². The Morgan fingerprint density at radius 2 is 2.12 bits per heavy atom. The fourth-order valence-corrected chi connectivity index (χ4v) is 1.83. The van der Waals surface area contributed by atoms with Gasteiger partial charge in [0.25, 0.3) is 0 Å². The Kier molecular flexibility index (Phi) is 4.27. The van der Waals surface area contributed by atoms with Gasteiger partial charge < -0.3 is 19.1 Å². The minimum absolute atomic E-state index is 0.170. The molecule has 90 valence electrons. The second kappa shape index (κ2) is 5.28. The largest absolute Gasteiger partial charge is 0.469 e. The first kappa shape index (κ1) is 12.9. The van der Waals surface area contributed by atoms with Gasteiger partial charge in [0.2, 0.25) is 6.54 Å². The van der Waals surface area contributed by atoms with E-state index in [2.05, 4.69) is 9.58 Å². The quantitative estimate of drug-likeness (QED) is 0.540. The summed E-state index contributed by atoms with van der Waals surface area (Å²) in [6.07, 6.45) is 0.359. The van der Waals surface area contributed by atoms with Crippen LogP contribution in [0.25, 0.3) is 4.85 Å². The van der Waals surface area contributed by atoms with Gasteiger partial charge in [-0.15, -0.1) is 0 Å². The van der Waals surface area contributed by atoms with Gasteiger partial charge in [-0.3, -0.25) is 4.79 Å². The van der Waals surface area contributed by atoms with Crippen molar-refractivity contribution in [3.8, 4) is 0 Å². The van der Waals surface area contributed by atoms with Gasteiger partial charge in [-0.25, -0.2) is 6.57 Å². The highest BCUT2D eigenvalue weighted by atomic mass is 16.7. The van der Waals surface area contributed by atoms with E-state index >= 15 is 0 Å². The molecule has 1 heterocycles. The van der Waals surface area contributed by atoms with Crippen LogP contribution in [0.5, 0.6) is 0 Å². The summed E-state index contributed by atoms with van der Waals surface area (Å²) < 4.78 is 15.8. The van der Waals surface area contributed by atoms with Gasteiger partial charge in [-0.1, -0.05) is 0 Å². The lowest BCUT2D eigenvalue weighted by molar-refractivity contribution is -0.296. The Hall–Kier alpha value is -1.12. The maximum Gasteiger partial charge on any atom is 0.308 e. The molecule has 0 bridgehead atoms. The molecule has 0 N–H and O–H groups in total. The van der Waals surface area contributed by atoms with E-state index in [1.807, 2.05) is 0 Å². The molecule has 1 rings (SSSR count). The van der Waals surface area contributed by atoms with E-state index in [1.54, 1.807) is 13.8 Å². The molecule has 0 aromatic rings. The molecule has 16 heavy (non-hydrogen) atoms. The third-order valence-electron chi connectivity index (χ3n) is 2.34. The molecule has 1 fully saturated rings. The Labute approximate surface area is 95.5 Å². The number of methoxy groups -OCH3 is 1. The minimum Gasteiger partial charge on any atom is -0.469 e. The molecule has 1 saturated heterocycles. The van der Waals surface area contributed by atoms with E-state index < -0.39 is 5.79 Å². The predicted molar refractivity (Wildman–Crippen MR) is 56.5 cm³/mol. The first-order chi connectivity index (χ1) is 7.46. The molecule has 0 aliphatic carbocycles. The average molecular weight is 227 g/mol. The molecule has 0 aromatic carbocycles. The number of ether oxygens (including phenoxy) is 3. The van der Waals surface area contributed by atoms with Crippen LogP contribution in [0.4, 0.5) is 0 Å². The smallest absolute Gasteiger partial charge is 0.308 e. The third kappa shape index (κ3) is 3.80. The summed E-state index contributed by atoms with van der Waals surface area (Å²) in [6.45, 7) is 10.7. The summed E-state index contributed by atoms with van der Waals surface area (Å²) in [5, 5.41) is 0. The van der Waals surface area contributed by atoms with E-state index in [0.29, 0.717) is 13.0 Å². The van der Waals surface area contributed by atoms with Crippen LogP contribution in [0.3, 0.4) is 0 Å². The number of carbonyl (C=O) groups is 1. The lowest BCUT2D eigenvalue weighted by Gasteiger charge is -2.38. The van der Waals surface area contributed by atoms with Crippen LogP contribution in [0.15, 0.2) is 0 Å². The number of esters is 1. The fraction of sp³-hybridized carbons (Fsp3) is 0.818. The molecule has 1 aliphatic heterocycles. The molecule has 2 atom stereocenters. The van der Waals surface area contributed by atoms with Crippen molar-refractivity contribution in [2.75, 3.05) is 13.7 Å². The highest BCUT2D eigenvalue weighted by Crippen LogP contribution is 2.28. The van der Waals surface area contributed by atoms with Crippen molar-refractivity contribution in [2.24, 2.45) is 0 Å². The maximum atomic E-state index is 11.2. The molecular formula is C11H17NO4. The van der Waals surface area contributed by atoms with Crippen LogP contribution in [0.2, 0.25) is 0 Å².